The van der Waals surface area contributed by atoms with Gasteiger partial charge in [-0.3, -0.25) is 4.79 Å². The largest absolute Gasteiger partial charge is 0.460 e. The third kappa shape index (κ3) is 6.38. The van der Waals surface area contributed by atoms with E-state index < -0.39 is 5.60 Å². The van der Waals surface area contributed by atoms with Crippen LogP contribution in [-0.4, -0.2) is 45.0 Å². The zero-order valence-corrected chi connectivity index (χ0v) is 11.8. The second-order valence-electron chi connectivity index (χ2n) is 5.53. The van der Waals surface area contributed by atoms with E-state index in [4.69, 9.17) is 14.0 Å². The minimum Gasteiger partial charge on any atom is -0.460 e. The number of carbonyl (C=O) groups excluding carboxylic acids is 1. The highest BCUT2D eigenvalue weighted by Gasteiger charge is 2.33. The Kier molecular flexibility index (Phi) is 6.12. The van der Waals surface area contributed by atoms with Crippen LogP contribution in [0, 0.1) is 0 Å². The normalized spacial score (nSPS) is 20.2. The van der Waals surface area contributed by atoms with Gasteiger partial charge in [0, 0.05) is 13.2 Å². The smallest absolute Gasteiger partial charge is 0.457 e. The molecule has 0 aliphatic carbocycles. The van der Waals surface area contributed by atoms with E-state index in [9.17, 15) is 4.79 Å². The zero-order chi connectivity index (χ0) is 13.6. The molecule has 104 valence electrons. The summed E-state index contributed by atoms with van der Waals surface area (Å²) < 4.78 is 16.4. The lowest BCUT2D eigenvalue weighted by Gasteiger charge is -2.21. The molecule has 1 rings (SSSR count). The van der Waals surface area contributed by atoms with Crippen molar-refractivity contribution in [3.05, 3.63) is 0 Å². The highest BCUT2D eigenvalue weighted by molar-refractivity contribution is 6.45. The second-order valence-corrected chi connectivity index (χ2v) is 5.53. The Morgan fingerprint density at radius 3 is 2.83 bits per heavy atom. The van der Waals surface area contributed by atoms with Gasteiger partial charge in [0.2, 0.25) is 0 Å². The highest BCUT2D eigenvalue weighted by atomic mass is 16.6. The van der Waals surface area contributed by atoms with Crippen LogP contribution < -0.4 is 5.32 Å². The standard InChI is InChI=1S/C12H24BNO4/c1-12(2,3)17-11(15)9-10-5-6-13(18-10)16-8-7-14-4/h10,14H,5-9H2,1-4H3/t10-/m0/s1. The summed E-state index contributed by atoms with van der Waals surface area (Å²) in [6.45, 7) is 7.02. The molecule has 0 amide bonds. The Labute approximate surface area is 110 Å². The average Bonchev–Trinajstić information content (AvgIpc) is 2.63. The van der Waals surface area contributed by atoms with Crippen LogP contribution >= 0.6 is 0 Å². The molecule has 1 atom stereocenters. The summed E-state index contributed by atoms with van der Waals surface area (Å²) in [4.78, 5) is 11.6. The number of hydrogen-bond acceptors (Lipinski definition) is 5. The fraction of sp³-hybridized carbons (Fsp3) is 0.917. The first-order valence-corrected chi connectivity index (χ1v) is 6.54. The van der Waals surface area contributed by atoms with E-state index in [0.717, 1.165) is 19.3 Å². The van der Waals surface area contributed by atoms with Crippen LogP contribution in [0.5, 0.6) is 0 Å². The van der Waals surface area contributed by atoms with Gasteiger partial charge in [0.15, 0.2) is 0 Å². The van der Waals surface area contributed by atoms with E-state index in [-0.39, 0.29) is 19.2 Å². The molecule has 1 saturated heterocycles. The van der Waals surface area contributed by atoms with Gasteiger partial charge in [0.05, 0.1) is 12.5 Å². The van der Waals surface area contributed by atoms with Crippen molar-refractivity contribution in [2.45, 2.75) is 51.6 Å². The van der Waals surface area contributed by atoms with E-state index in [1.54, 1.807) is 0 Å². The summed E-state index contributed by atoms with van der Waals surface area (Å²) in [6.07, 6.45) is 1.93. The van der Waals surface area contributed by atoms with Gasteiger partial charge in [0.1, 0.15) is 5.60 Å². The molecule has 0 aromatic rings. The van der Waals surface area contributed by atoms with Gasteiger partial charge in [0.25, 0.3) is 0 Å². The average molecular weight is 257 g/mol. The number of rotatable bonds is 6. The molecule has 1 heterocycles. The Bertz CT molecular complexity index is 267. The van der Waals surface area contributed by atoms with Crippen molar-refractivity contribution in [3.63, 3.8) is 0 Å². The number of esters is 1. The Balaban J connectivity index is 2.19. The lowest BCUT2D eigenvalue weighted by atomic mass is 9.86. The first kappa shape index (κ1) is 15.5. The fourth-order valence-electron chi connectivity index (χ4n) is 1.81. The van der Waals surface area contributed by atoms with Crippen LogP contribution in [0.2, 0.25) is 6.32 Å². The maximum atomic E-state index is 11.6. The first-order valence-electron chi connectivity index (χ1n) is 6.54. The van der Waals surface area contributed by atoms with Crippen LogP contribution in [0.4, 0.5) is 0 Å². The molecule has 0 aromatic carbocycles. The van der Waals surface area contributed by atoms with Crippen molar-refractivity contribution in [2.24, 2.45) is 0 Å². The third-order valence-electron chi connectivity index (χ3n) is 2.54. The molecular weight excluding hydrogens is 233 g/mol. The molecule has 0 unspecified atom stereocenters. The minimum absolute atomic E-state index is 0.0700. The summed E-state index contributed by atoms with van der Waals surface area (Å²) >= 11 is 0. The molecule has 1 aliphatic heterocycles. The maximum Gasteiger partial charge on any atom is 0.457 e. The van der Waals surface area contributed by atoms with Crippen LogP contribution in [0.3, 0.4) is 0 Å². The molecule has 0 bridgehead atoms. The van der Waals surface area contributed by atoms with Crippen LogP contribution in [0.15, 0.2) is 0 Å². The van der Waals surface area contributed by atoms with Crippen molar-refractivity contribution >= 4 is 13.1 Å². The highest BCUT2D eigenvalue weighted by Crippen LogP contribution is 2.22. The molecule has 0 radical (unpaired) electrons. The van der Waals surface area contributed by atoms with Crippen molar-refractivity contribution in [1.82, 2.24) is 5.32 Å². The number of hydrogen-bond donors (Lipinski definition) is 1. The molecular formula is C12H24BNO4. The third-order valence-corrected chi connectivity index (χ3v) is 2.54. The van der Waals surface area contributed by atoms with Crippen LogP contribution in [-0.2, 0) is 18.8 Å². The molecule has 0 saturated carbocycles. The van der Waals surface area contributed by atoms with Gasteiger partial charge in [-0.2, -0.15) is 0 Å². The van der Waals surface area contributed by atoms with Gasteiger partial charge < -0.3 is 19.4 Å². The van der Waals surface area contributed by atoms with Crippen LogP contribution in [0.25, 0.3) is 0 Å². The summed E-state index contributed by atoms with van der Waals surface area (Å²) in [5, 5.41) is 3.01. The molecule has 6 heteroatoms. The van der Waals surface area contributed by atoms with Crippen molar-refractivity contribution in [1.29, 1.82) is 0 Å². The predicted octanol–water partition coefficient (Wildman–Crippen LogP) is 1.23. The van der Waals surface area contributed by atoms with Gasteiger partial charge in [-0.1, -0.05) is 0 Å². The van der Waals surface area contributed by atoms with Crippen molar-refractivity contribution < 1.29 is 18.8 Å². The Morgan fingerprint density at radius 1 is 1.50 bits per heavy atom. The van der Waals surface area contributed by atoms with Crippen LogP contribution in [0.1, 0.15) is 33.6 Å². The quantitative estimate of drug-likeness (QED) is 0.440. The van der Waals surface area contributed by atoms with Gasteiger partial charge in [-0.25, -0.2) is 0 Å². The molecule has 18 heavy (non-hydrogen) atoms. The topological polar surface area (TPSA) is 56.8 Å². The van der Waals surface area contributed by atoms with E-state index >= 15 is 0 Å². The minimum atomic E-state index is -0.432. The summed E-state index contributed by atoms with van der Waals surface area (Å²) in [5.74, 6) is -0.205. The molecule has 5 nitrogen and oxygen atoms in total. The molecule has 1 aliphatic rings. The summed E-state index contributed by atoms with van der Waals surface area (Å²) in [7, 11) is 1.70. The van der Waals surface area contributed by atoms with E-state index in [0.29, 0.717) is 13.0 Å². The molecule has 1 N–H and O–H groups in total. The van der Waals surface area contributed by atoms with Gasteiger partial charge in [-0.05, 0) is 40.6 Å². The van der Waals surface area contributed by atoms with Gasteiger partial charge in [-0.15, -0.1) is 0 Å². The lowest BCUT2D eigenvalue weighted by molar-refractivity contribution is -0.156. The second kappa shape index (κ2) is 7.11. The SMILES string of the molecule is CNCCOB1CC[C@@H](CC(=O)OC(C)(C)C)O1. The monoisotopic (exact) mass is 257 g/mol. The Morgan fingerprint density at radius 2 is 2.22 bits per heavy atom. The predicted molar refractivity (Wildman–Crippen MR) is 70.4 cm³/mol. The van der Waals surface area contributed by atoms with E-state index in [1.807, 2.05) is 27.8 Å². The number of nitrogens with one attached hydrogen (secondary N) is 1. The zero-order valence-electron chi connectivity index (χ0n) is 11.8. The van der Waals surface area contributed by atoms with Gasteiger partial charge >= 0.3 is 13.1 Å². The van der Waals surface area contributed by atoms with Crippen molar-refractivity contribution in [3.8, 4) is 0 Å². The van der Waals surface area contributed by atoms with Crippen molar-refractivity contribution in [2.75, 3.05) is 20.2 Å². The molecule has 0 aromatic heterocycles. The maximum absolute atomic E-state index is 11.6. The van der Waals surface area contributed by atoms with E-state index in [1.165, 1.54) is 0 Å². The first-order chi connectivity index (χ1) is 8.40. The summed E-state index contributed by atoms with van der Waals surface area (Å²) in [5.41, 5.74) is -0.432. The number of ether oxygens (including phenoxy) is 1. The lowest BCUT2D eigenvalue weighted by Crippen LogP contribution is -2.28. The van der Waals surface area contributed by atoms with E-state index in [2.05, 4.69) is 5.32 Å². The Hall–Kier alpha value is -0.585. The number of carbonyl (C=O) groups is 1. The number of likely N-dealkylation sites (N-methyl/N-ethyl adjacent to an activating group) is 1. The molecule has 0 spiro atoms. The summed E-state index contributed by atoms with van der Waals surface area (Å²) in [6, 6.07) is 0. The fourth-order valence-corrected chi connectivity index (χ4v) is 1.81. The molecule has 1 fully saturated rings.